The SMILES string of the molecule is CC(C)(C)[Si](C)(C)OCc1ccc([C@@H]2SCC3C(O)=C(C(=O)NC45CC6CC(CC(C6)C4)C5)C(=O)N32)cc1. The minimum atomic E-state index is -1.83. The van der Waals surface area contributed by atoms with Gasteiger partial charge >= 0.3 is 0 Å². The first-order valence-electron chi connectivity index (χ1n) is 14.3. The van der Waals surface area contributed by atoms with Crippen molar-refractivity contribution in [1.29, 1.82) is 0 Å². The molecule has 38 heavy (non-hydrogen) atoms. The molecule has 0 aromatic heterocycles. The summed E-state index contributed by atoms with van der Waals surface area (Å²) < 4.78 is 6.37. The van der Waals surface area contributed by atoms with Crippen LogP contribution in [0.15, 0.2) is 35.6 Å². The van der Waals surface area contributed by atoms with Crippen LogP contribution in [-0.4, -0.2) is 47.5 Å². The molecule has 4 saturated carbocycles. The zero-order chi connectivity index (χ0) is 27.0. The van der Waals surface area contributed by atoms with Crippen LogP contribution < -0.4 is 5.32 Å². The molecule has 2 N–H and O–H groups in total. The Morgan fingerprint density at radius 2 is 1.68 bits per heavy atom. The summed E-state index contributed by atoms with van der Waals surface area (Å²) in [6, 6.07) is 7.83. The van der Waals surface area contributed by atoms with Gasteiger partial charge in [0.2, 0.25) is 0 Å². The van der Waals surface area contributed by atoms with E-state index >= 15 is 0 Å². The smallest absolute Gasteiger partial charge is 0.264 e. The van der Waals surface area contributed by atoms with Gasteiger partial charge in [0.25, 0.3) is 11.8 Å². The molecule has 2 atom stereocenters. The molecule has 1 aromatic carbocycles. The molecule has 6 nitrogen and oxygen atoms in total. The van der Waals surface area contributed by atoms with Gasteiger partial charge in [-0.15, -0.1) is 11.8 Å². The van der Waals surface area contributed by atoms with Gasteiger partial charge in [0.1, 0.15) is 22.7 Å². The van der Waals surface area contributed by atoms with Gasteiger partial charge in [-0.2, -0.15) is 0 Å². The number of fused-ring (bicyclic) bond motifs is 1. The van der Waals surface area contributed by atoms with E-state index in [0.29, 0.717) is 30.1 Å². The highest BCUT2D eigenvalue weighted by atomic mass is 32.2. The third kappa shape index (κ3) is 4.44. The number of amides is 2. The van der Waals surface area contributed by atoms with Crippen LogP contribution in [0, 0.1) is 17.8 Å². The maximum atomic E-state index is 13.6. The molecule has 0 spiro atoms. The standard InChI is InChI=1S/C30H42N2O4SSi/c1-29(2,3)38(4,5)36-16-18-6-8-22(9-7-18)28-32-23(17-37-28)25(33)24(27(32)35)26(34)31-30-13-19-10-20(14-30)12-21(11-19)15-30/h6-9,19-21,23,28,33H,10-17H2,1-5H3,(H,31,34)/t19?,20?,21?,23?,28-,30?/m0/s1. The van der Waals surface area contributed by atoms with Crippen LogP contribution in [-0.2, 0) is 20.6 Å². The molecule has 2 heterocycles. The molecule has 8 heteroatoms. The summed E-state index contributed by atoms with van der Waals surface area (Å²) in [4.78, 5) is 28.8. The van der Waals surface area contributed by atoms with Gasteiger partial charge in [-0.05, 0) is 85.5 Å². The predicted octanol–water partition coefficient (Wildman–Crippen LogP) is 6.06. The average Bonchev–Trinajstić information content (AvgIpc) is 3.36. The minimum absolute atomic E-state index is 0.0320. The molecule has 4 aliphatic carbocycles. The quantitative estimate of drug-likeness (QED) is 0.330. The molecular weight excluding hydrogens is 512 g/mol. The van der Waals surface area contributed by atoms with Crippen molar-refractivity contribution >= 4 is 31.9 Å². The van der Waals surface area contributed by atoms with Gasteiger partial charge in [0.05, 0.1) is 6.61 Å². The number of benzene rings is 1. The topological polar surface area (TPSA) is 78.9 Å². The van der Waals surface area contributed by atoms with E-state index in [2.05, 4.69) is 63.4 Å². The average molecular weight is 555 g/mol. The summed E-state index contributed by atoms with van der Waals surface area (Å²) >= 11 is 1.65. The highest BCUT2D eigenvalue weighted by Gasteiger charge is 2.54. The second-order valence-corrected chi connectivity index (χ2v) is 20.0. The van der Waals surface area contributed by atoms with E-state index in [9.17, 15) is 14.7 Å². The Hall–Kier alpha value is -1.77. The largest absolute Gasteiger partial charge is 0.509 e. The van der Waals surface area contributed by atoms with Gasteiger partial charge in [0.15, 0.2) is 8.32 Å². The predicted molar refractivity (Wildman–Crippen MR) is 153 cm³/mol. The lowest BCUT2D eigenvalue weighted by atomic mass is 9.53. The summed E-state index contributed by atoms with van der Waals surface area (Å²) in [6.45, 7) is 11.8. The van der Waals surface area contributed by atoms with Gasteiger partial charge in [0, 0.05) is 11.3 Å². The fourth-order valence-electron chi connectivity index (χ4n) is 7.67. The van der Waals surface area contributed by atoms with Crippen LogP contribution in [0.4, 0.5) is 0 Å². The van der Waals surface area contributed by atoms with Crippen molar-refractivity contribution in [3.63, 3.8) is 0 Å². The molecule has 1 saturated heterocycles. The number of rotatable bonds is 6. The second kappa shape index (κ2) is 9.13. The number of carbonyl (C=O) groups is 2. The Kier molecular flexibility index (Phi) is 6.36. The van der Waals surface area contributed by atoms with Crippen LogP contribution >= 0.6 is 11.8 Å². The van der Waals surface area contributed by atoms with Crippen molar-refractivity contribution < 1.29 is 19.1 Å². The first kappa shape index (κ1) is 26.4. The molecule has 0 radical (unpaired) electrons. The number of thioether (sulfide) groups is 1. The molecule has 7 rings (SSSR count). The Bertz CT molecular complexity index is 1140. The minimum Gasteiger partial charge on any atom is -0.509 e. The normalized spacial score (nSPS) is 34.3. The number of aliphatic hydroxyl groups is 1. The van der Waals surface area contributed by atoms with Gasteiger partial charge in [-0.1, -0.05) is 45.0 Å². The lowest BCUT2D eigenvalue weighted by Crippen LogP contribution is -2.60. The van der Waals surface area contributed by atoms with Crippen molar-refractivity contribution in [2.45, 2.75) is 101 Å². The molecule has 206 valence electrons. The molecule has 2 aliphatic heterocycles. The first-order valence-corrected chi connectivity index (χ1v) is 18.2. The Balaban J connectivity index is 1.14. The maximum Gasteiger partial charge on any atom is 0.264 e. The number of carbonyl (C=O) groups excluding carboxylic acids is 2. The van der Waals surface area contributed by atoms with Crippen molar-refractivity contribution in [2.75, 3.05) is 5.75 Å². The van der Waals surface area contributed by atoms with E-state index in [1.54, 1.807) is 16.7 Å². The van der Waals surface area contributed by atoms with E-state index in [1.807, 2.05) is 0 Å². The Morgan fingerprint density at radius 1 is 1.11 bits per heavy atom. The summed E-state index contributed by atoms with van der Waals surface area (Å²) in [5.74, 6) is 1.92. The van der Waals surface area contributed by atoms with Crippen molar-refractivity contribution in [3.8, 4) is 0 Å². The third-order valence-corrected chi connectivity index (χ3v) is 16.1. The van der Waals surface area contributed by atoms with Crippen LogP contribution in [0.2, 0.25) is 18.1 Å². The summed E-state index contributed by atoms with van der Waals surface area (Å²) in [7, 11) is -1.83. The molecule has 6 aliphatic rings. The van der Waals surface area contributed by atoms with E-state index in [0.717, 1.165) is 30.4 Å². The number of hydrogen-bond donors (Lipinski definition) is 2. The first-order chi connectivity index (χ1) is 17.9. The fourth-order valence-corrected chi connectivity index (χ4v) is 10.1. The molecule has 1 aromatic rings. The highest BCUT2D eigenvalue weighted by molar-refractivity contribution is 7.99. The van der Waals surface area contributed by atoms with Gasteiger partial charge in [-0.25, -0.2) is 0 Å². The lowest BCUT2D eigenvalue weighted by molar-refractivity contribution is -0.131. The number of hydrogen-bond acceptors (Lipinski definition) is 5. The van der Waals surface area contributed by atoms with Crippen molar-refractivity contribution in [3.05, 3.63) is 46.7 Å². The molecular formula is C30H42N2O4SSi. The monoisotopic (exact) mass is 554 g/mol. The summed E-state index contributed by atoms with van der Waals surface area (Å²) in [5.41, 5.74) is 1.90. The molecule has 2 amide bonds. The van der Waals surface area contributed by atoms with Crippen LogP contribution in [0.1, 0.15) is 75.8 Å². The van der Waals surface area contributed by atoms with Crippen LogP contribution in [0.3, 0.4) is 0 Å². The Morgan fingerprint density at radius 3 is 2.24 bits per heavy atom. The summed E-state index contributed by atoms with van der Waals surface area (Å²) in [6.07, 6.45) is 6.92. The molecule has 5 fully saturated rings. The molecule has 1 unspecified atom stereocenters. The van der Waals surface area contributed by atoms with Gasteiger partial charge in [-0.3, -0.25) is 9.59 Å². The fraction of sp³-hybridized carbons (Fsp3) is 0.667. The second-order valence-electron chi connectivity index (χ2n) is 14.1. The lowest BCUT2D eigenvalue weighted by Gasteiger charge is -2.56. The van der Waals surface area contributed by atoms with Crippen LogP contribution in [0.5, 0.6) is 0 Å². The zero-order valence-corrected chi connectivity index (χ0v) is 25.2. The third-order valence-electron chi connectivity index (χ3n) is 10.3. The Labute approximate surface area is 232 Å². The van der Waals surface area contributed by atoms with E-state index in [1.165, 1.54) is 19.3 Å². The summed E-state index contributed by atoms with van der Waals surface area (Å²) in [5, 5.41) is 14.3. The van der Waals surface area contributed by atoms with E-state index in [4.69, 9.17) is 4.43 Å². The van der Waals surface area contributed by atoms with Crippen LogP contribution in [0.25, 0.3) is 0 Å². The number of nitrogens with zero attached hydrogens (tertiary/aromatic N) is 1. The number of aliphatic hydroxyl groups excluding tert-OH is 1. The van der Waals surface area contributed by atoms with Crippen molar-refractivity contribution in [1.82, 2.24) is 10.2 Å². The zero-order valence-electron chi connectivity index (χ0n) is 23.4. The molecule has 4 bridgehead atoms. The van der Waals surface area contributed by atoms with E-state index < -0.39 is 14.4 Å². The number of nitrogens with one attached hydrogen (secondary N) is 1. The van der Waals surface area contributed by atoms with Gasteiger partial charge < -0.3 is 19.7 Å². The highest BCUT2D eigenvalue weighted by Crippen LogP contribution is 2.56. The van der Waals surface area contributed by atoms with E-state index in [-0.39, 0.29) is 39.1 Å². The maximum absolute atomic E-state index is 13.6. The van der Waals surface area contributed by atoms with Crippen molar-refractivity contribution in [2.24, 2.45) is 17.8 Å².